The molecule has 0 atom stereocenters. The maximum absolute atomic E-state index is 3.68. The number of allylic oxidation sites excluding steroid dienone is 5. The van der Waals surface area contributed by atoms with Crippen LogP contribution in [0, 0.1) is 0 Å². The van der Waals surface area contributed by atoms with Crippen molar-refractivity contribution in [2.75, 3.05) is 0 Å². The molecule has 0 fully saturated rings. The first-order valence-corrected chi connectivity index (χ1v) is 4.56. The van der Waals surface area contributed by atoms with Crippen molar-refractivity contribution in [1.82, 2.24) is 0 Å². The Hall–Kier alpha value is -0.780. The zero-order valence-corrected chi connectivity index (χ0v) is 8.56. The standard InChI is InChI=1S/C12H20/c1-5-6-9-12(4)10-7-8-11(2)3/h5,8-9H,1,6-7,10H2,2-4H3. The van der Waals surface area contributed by atoms with E-state index in [0.29, 0.717) is 0 Å². The summed E-state index contributed by atoms with van der Waals surface area (Å²) in [4.78, 5) is 0. The van der Waals surface area contributed by atoms with Crippen LogP contribution in [-0.2, 0) is 0 Å². The first kappa shape index (κ1) is 11.2. The van der Waals surface area contributed by atoms with Crippen LogP contribution >= 0.6 is 0 Å². The van der Waals surface area contributed by atoms with Gasteiger partial charge in [0.1, 0.15) is 0 Å². The third-order valence-corrected chi connectivity index (χ3v) is 1.72. The zero-order valence-electron chi connectivity index (χ0n) is 8.56. The molecule has 0 nitrogen and oxygen atoms in total. The van der Waals surface area contributed by atoms with Gasteiger partial charge in [-0.05, 0) is 40.0 Å². The van der Waals surface area contributed by atoms with Crippen molar-refractivity contribution in [2.45, 2.75) is 40.0 Å². The molecule has 0 rings (SSSR count). The lowest BCUT2D eigenvalue weighted by Gasteiger charge is -1.97. The van der Waals surface area contributed by atoms with E-state index in [1.807, 2.05) is 6.08 Å². The summed E-state index contributed by atoms with van der Waals surface area (Å²) in [5.41, 5.74) is 2.87. The molecule has 68 valence electrons. The molecule has 0 heteroatoms. The third-order valence-electron chi connectivity index (χ3n) is 1.72. The second-order valence-corrected chi connectivity index (χ2v) is 3.40. The Bertz CT molecular complexity index is 178. The third kappa shape index (κ3) is 7.33. The Kier molecular flexibility index (Phi) is 6.45. The van der Waals surface area contributed by atoms with E-state index in [9.17, 15) is 0 Å². The summed E-state index contributed by atoms with van der Waals surface area (Å²) in [5.74, 6) is 0. The molecule has 0 N–H and O–H groups in total. The quantitative estimate of drug-likeness (QED) is 0.533. The largest absolute Gasteiger partial charge is 0.103 e. The van der Waals surface area contributed by atoms with Crippen molar-refractivity contribution >= 4 is 0 Å². The summed E-state index contributed by atoms with van der Waals surface area (Å²) >= 11 is 0. The molecular formula is C12H20. The van der Waals surface area contributed by atoms with Gasteiger partial charge in [0, 0.05) is 0 Å². The number of hydrogen-bond acceptors (Lipinski definition) is 0. The van der Waals surface area contributed by atoms with Gasteiger partial charge in [-0.25, -0.2) is 0 Å². The van der Waals surface area contributed by atoms with E-state index in [0.717, 1.165) is 6.42 Å². The Labute approximate surface area is 76.7 Å². The van der Waals surface area contributed by atoms with Gasteiger partial charge in [0.2, 0.25) is 0 Å². The van der Waals surface area contributed by atoms with Gasteiger partial charge in [-0.15, -0.1) is 6.58 Å². The van der Waals surface area contributed by atoms with Gasteiger partial charge in [0.05, 0.1) is 0 Å². The summed E-state index contributed by atoms with van der Waals surface area (Å²) in [6, 6.07) is 0. The average Bonchev–Trinajstić information content (AvgIpc) is 2.00. The zero-order chi connectivity index (χ0) is 9.40. The van der Waals surface area contributed by atoms with Crippen LogP contribution in [-0.4, -0.2) is 0 Å². The molecule has 0 radical (unpaired) electrons. The minimum Gasteiger partial charge on any atom is -0.103 e. The maximum atomic E-state index is 3.68. The van der Waals surface area contributed by atoms with Crippen molar-refractivity contribution in [3.05, 3.63) is 36.0 Å². The topological polar surface area (TPSA) is 0 Å². The van der Waals surface area contributed by atoms with E-state index in [1.54, 1.807) is 0 Å². The molecule has 12 heavy (non-hydrogen) atoms. The highest BCUT2D eigenvalue weighted by atomic mass is 13.9. The van der Waals surface area contributed by atoms with Gasteiger partial charge in [0.25, 0.3) is 0 Å². The van der Waals surface area contributed by atoms with Crippen molar-refractivity contribution in [2.24, 2.45) is 0 Å². The van der Waals surface area contributed by atoms with Gasteiger partial charge in [-0.1, -0.05) is 29.4 Å². The molecule has 0 spiro atoms. The lowest BCUT2D eigenvalue weighted by molar-refractivity contribution is 0.958. The smallest absolute Gasteiger partial charge is 0.0169 e. The van der Waals surface area contributed by atoms with E-state index in [4.69, 9.17) is 0 Å². The Morgan fingerprint density at radius 3 is 2.33 bits per heavy atom. The summed E-state index contributed by atoms with van der Waals surface area (Å²) in [6.45, 7) is 10.2. The van der Waals surface area contributed by atoms with Gasteiger partial charge < -0.3 is 0 Å². The summed E-state index contributed by atoms with van der Waals surface area (Å²) in [7, 11) is 0. The minimum atomic E-state index is 1.00. The molecule has 0 aromatic heterocycles. The molecular weight excluding hydrogens is 144 g/mol. The van der Waals surface area contributed by atoms with E-state index in [1.165, 1.54) is 24.0 Å². The van der Waals surface area contributed by atoms with E-state index >= 15 is 0 Å². The van der Waals surface area contributed by atoms with Crippen molar-refractivity contribution in [3.63, 3.8) is 0 Å². The summed E-state index contributed by atoms with van der Waals surface area (Å²) < 4.78 is 0. The molecule has 0 aliphatic carbocycles. The predicted molar refractivity (Wildman–Crippen MR) is 57.2 cm³/mol. The van der Waals surface area contributed by atoms with Gasteiger partial charge in [0.15, 0.2) is 0 Å². The molecule has 0 aliphatic rings. The van der Waals surface area contributed by atoms with Crippen LogP contribution in [0.15, 0.2) is 36.0 Å². The molecule has 0 bridgehead atoms. The second kappa shape index (κ2) is 6.90. The van der Waals surface area contributed by atoms with E-state index < -0.39 is 0 Å². The van der Waals surface area contributed by atoms with Crippen LogP contribution in [0.4, 0.5) is 0 Å². The van der Waals surface area contributed by atoms with Crippen LogP contribution in [0.5, 0.6) is 0 Å². The first-order valence-electron chi connectivity index (χ1n) is 4.56. The van der Waals surface area contributed by atoms with Crippen LogP contribution in [0.25, 0.3) is 0 Å². The summed E-state index contributed by atoms with van der Waals surface area (Å²) in [6.07, 6.45) is 9.81. The molecule has 0 heterocycles. The molecule has 0 aromatic rings. The number of rotatable bonds is 5. The van der Waals surface area contributed by atoms with Crippen molar-refractivity contribution < 1.29 is 0 Å². The SMILES string of the molecule is C=CCC=C(C)CCC=C(C)C. The van der Waals surface area contributed by atoms with Crippen LogP contribution < -0.4 is 0 Å². The monoisotopic (exact) mass is 164 g/mol. The lowest BCUT2D eigenvalue weighted by Crippen LogP contribution is -1.76. The van der Waals surface area contributed by atoms with Crippen molar-refractivity contribution in [1.29, 1.82) is 0 Å². The molecule has 0 aliphatic heterocycles. The van der Waals surface area contributed by atoms with Gasteiger partial charge in [-0.3, -0.25) is 0 Å². The Morgan fingerprint density at radius 2 is 1.83 bits per heavy atom. The molecule has 0 aromatic carbocycles. The molecule has 0 unspecified atom stereocenters. The fourth-order valence-electron chi connectivity index (χ4n) is 0.975. The Morgan fingerprint density at radius 1 is 1.17 bits per heavy atom. The van der Waals surface area contributed by atoms with Crippen LogP contribution in [0.2, 0.25) is 0 Å². The predicted octanol–water partition coefficient (Wildman–Crippen LogP) is 4.26. The first-order chi connectivity index (χ1) is 5.66. The minimum absolute atomic E-state index is 1.00. The highest BCUT2D eigenvalue weighted by Crippen LogP contribution is 2.07. The van der Waals surface area contributed by atoms with Crippen molar-refractivity contribution in [3.8, 4) is 0 Å². The Balaban J connectivity index is 3.63. The second-order valence-electron chi connectivity index (χ2n) is 3.40. The van der Waals surface area contributed by atoms with Gasteiger partial charge >= 0.3 is 0 Å². The normalized spacial score (nSPS) is 11.1. The molecule has 0 amide bonds. The molecule has 0 saturated carbocycles. The lowest BCUT2D eigenvalue weighted by atomic mass is 10.1. The fraction of sp³-hybridized carbons (Fsp3) is 0.500. The van der Waals surface area contributed by atoms with Crippen LogP contribution in [0.1, 0.15) is 40.0 Å². The van der Waals surface area contributed by atoms with E-state index in [-0.39, 0.29) is 0 Å². The number of hydrogen-bond donors (Lipinski definition) is 0. The molecule has 0 saturated heterocycles. The van der Waals surface area contributed by atoms with Gasteiger partial charge in [-0.2, -0.15) is 0 Å². The fourth-order valence-corrected chi connectivity index (χ4v) is 0.975. The van der Waals surface area contributed by atoms with E-state index in [2.05, 4.69) is 39.5 Å². The average molecular weight is 164 g/mol. The highest BCUT2D eigenvalue weighted by Gasteiger charge is 1.86. The maximum Gasteiger partial charge on any atom is -0.0169 e. The van der Waals surface area contributed by atoms with Crippen LogP contribution in [0.3, 0.4) is 0 Å². The summed E-state index contributed by atoms with van der Waals surface area (Å²) in [5, 5.41) is 0. The highest BCUT2D eigenvalue weighted by molar-refractivity contribution is 5.03.